The predicted molar refractivity (Wildman–Crippen MR) is 106 cm³/mol. The second kappa shape index (κ2) is 5.95. The minimum Gasteiger partial charge on any atom is -0.329 e. The van der Waals surface area contributed by atoms with Crippen LogP contribution in [0.2, 0.25) is 0 Å². The van der Waals surface area contributed by atoms with E-state index in [-0.39, 0.29) is 5.56 Å². The summed E-state index contributed by atoms with van der Waals surface area (Å²) in [6.07, 6.45) is 7.72. The van der Waals surface area contributed by atoms with Crippen molar-refractivity contribution in [3.05, 3.63) is 89.0 Å². The summed E-state index contributed by atoms with van der Waals surface area (Å²) in [7, 11) is 0. The lowest BCUT2D eigenvalue weighted by Crippen LogP contribution is -2.05. The molecule has 3 nitrogen and oxygen atoms in total. The smallest absolute Gasteiger partial charge is 0.255 e. The molecule has 0 saturated heterocycles. The standard InChI is InChI=1S/C22H18N2O/c1-3-7-18-19-8-5-6-9-21(19)24(20(18)4-2)16-10-11-17-15(14-16)12-13-23-22(17)25/h3-14H,2H2,1H3,(H,23,25)/b7-3-. The van der Waals surface area contributed by atoms with Crippen LogP contribution in [0, 0.1) is 0 Å². The van der Waals surface area contributed by atoms with Gasteiger partial charge in [-0.2, -0.15) is 0 Å². The van der Waals surface area contributed by atoms with Crippen LogP contribution in [0.25, 0.3) is 39.5 Å². The predicted octanol–water partition coefficient (Wildman–Crippen LogP) is 5.15. The number of para-hydroxylation sites is 1. The van der Waals surface area contributed by atoms with Crippen molar-refractivity contribution in [3.8, 4) is 5.69 Å². The summed E-state index contributed by atoms with van der Waals surface area (Å²) in [6.45, 7) is 6.04. The number of aromatic amines is 1. The fourth-order valence-corrected chi connectivity index (χ4v) is 3.42. The maximum atomic E-state index is 12.0. The molecule has 3 heteroatoms. The molecule has 0 aliphatic rings. The zero-order valence-corrected chi connectivity index (χ0v) is 14.0. The molecule has 0 fully saturated rings. The van der Waals surface area contributed by atoms with Crippen molar-refractivity contribution in [1.29, 1.82) is 0 Å². The van der Waals surface area contributed by atoms with Crippen molar-refractivity contribution < 1.29 is 0 Å². The van der Waals surface area contributed by atoms with Crippen LogP contribution in [-0.2, 0) is 0 Å². The number of hydrogen-bond acceptors (Lipinski definition) is 1. The van der Waals surface area contributed by atoms with Crippen LogP contribution in [0.1, 0.15) is 18.2 Å². The summed E-state index contributed by atoms with van der Waals surface area (Å²) in [5.74, 6) is 0. The van der Waals surface area contributed by atoms with Crippen molar-refractivity contribution in [2.24, 2.45) is 0 Å². The number of allylic oxidation sites excluding steroid dienone is 1. The van der Waals surface area contributed by atoms with E-state index in [4.69, 9.17) is 0 Å². The minimum absolute atomic E-state index is 0.0695. The minimum atomic E-state index is -0.0695. The Morgan fingerprint density at radius 1 is 1.08 bits per heavy atom. The van der Waals surface area contributed by atoms with Gasteiger partial charge >= 0.3 is 0 Å². The van der Waals surface area contributed by atoms with Crippen LogP contribution in [-0.4, -0.2) is 9.55 Å². The maximum absolute atomic E-state index is 12.0. The molecule has 2 aromatic carbocycles. The highest BCUT2D eigenvalue weighted by atomic mass is 16.1. The number of pyridine rings is 1. The number of nitrogens with one attached hydrogen (secondary N) is 1. The molecule has 0 aliphatic carbocycles. The molecule has 0 amide bonds. The molecule has 0 saturated carbocycles. The normalized spacial score (nSPS) is 11.6. The fourth-order valence-electron chi connectivity index (χ4n) is 3.42. The molecule has 2 heterocycles. The maximum Gasteiger partial charge on any atom is 0.255 e. The van der Waals surface area contributed by atoms with Crippen molar-refractivity contribution >= 4 is 33.8 Å². The lowest BCUT2D eigenvalue weighted by atomic mass is 10.1. The average molecular weight is 326 g/mol. The van der Waals surface area contributed by atoms with Gasteiger partial charge in [-0.3, -0.25) is 4.79 Å². The first-order chi connectivity index (χ1) is 12.2. The first kappa shape index (κ1) is 15.2. The first-order valence-electron chi connectivity index (χ1n) is 8.25. The van der Waals surface area contributed by atoms with Gasteiger partial charge in [0.15, 0.2) is 0 Å². The molecule has 2 aromatic heterocycles. The summed E-state index contributed by atoms with van der Waals surface area (Å²) in [5, 5.41) is 2.79. The van der Waals surface area contributed by atoms with Gasteiger partial charge in [-0.05, 0) is 48.7 Å². The van der Waals surface area contributed by atoms with Crippen molar-refractivity contribution in [2.45, 2.75) is 6.92 Å². The van der Waals surface area contributed by atoms with E-state index in [1.54, 1.807) is 6.20 Å². The Hall–Kier alpha value is -3.33. The number of benzene rings is 2. The van der Waals surface area contributed by atoms with Gasteiger partial charge in [0.25, 0.3) is 5.56 Å². The number of rotatable bonds is 3. The summed E-state index contributed by atoms with van der Waals surface area (Å²) in [5.41, 5.74) is 4.26. The van der Waals surface area contributed by atoms with E-state index in [0.29, 0.717) is 5.39 Å². The van der Waals surface area contributed by atoms with Gasteiger partial charge in [0.05, 0.1) is 11.2 Å². The Kier molecular flexibility index (Phi) is 3.62. The van der Waals surface area contributed by atoms with E-state index >= 15 is 0 Å². The number of nitrogens with zero attached hydrogens (tertiary/aromatic N) is 1. The van der Waals surface area contributed by atoms with Gasteiger partial charge in [-0.1, -0.05) is 36.9 Å². The largest absolute Gasteiger partial charge is 0.329 e. The molecule has 25 heavy (non-hydrogen) atoms. The molecule has 4 aromatic rings. The number of fused-ring (bicyclic) bond motifs is 2. The zero-order chi connectivity index (χ0) is 17.4. The van der Waals surface area contributed by atoms with Crippen molar-refractivity contribution in [3.63, 3.8) is 0 Å². The number of H-pyrrole nitrogens is 1. The van der Waals surface area contributed by atoms with Gasteiger partial charge in [-0.15, -0.1) is 0 Å². The molecule has 122 valence electrons. The van der Waals surface area contributed by atoms with E-state index < -0.39 is 0 Å². The molecule has 0 atom stereocenters. The molecule has 0 unspecified atom stereocenters. The molecule has 1 N–H and O–H groups in total. The quantitative estimate of drug-likeness (QED) is 0.555. The van der Waals surface area contributed by atoms with Gasteiger partial charge in [0.1, 0.15) is 0 Å². The SMILES string of the molecule is C=Cc1c(/C=C\C)c2ccccc2n1-c1ccc2c(=O)[nH]ccc2c1. The Morgan fingerprint density at radius 2 is 1.92 bits per heavy atom. The third-order valence-electron chi connectivity index (χ3n) is 4.49. The van der Waals surface area contributed by atoms with Crippen LogP contribution >= 0.6 is 0 Å². The first-order valence-corrected chi connectivity index (χ1v) is 8.25. The van der Waals surface area contributed by atoms with E-state index in [2.05, 4.69) is 34.3 Å². The lowest BCUT2D eigenvalue weighted by Gasteiger charge is -2.10. The molecular formula is C22H18N2O. The Balaban J connectivity index is 2.10. The van der Waals surface area contributed by atoms with E-state index in [1.165, 1.54) is 5.39 Å². The molecule has 0 bridgehead atoms. The van der Waals surface area contributed by atoms with E-state index in [9.17, 15) is 4.79 Å². The third-order valence-corrected chi connectivity index (χ3v) is 4.49. The zero-order valence-electron chi connectivity index (χ0n) is 14.0. The topological polar surface area (TPSA) is 37.8 Å². The summed E-state index contributed by atoms with van der Waals surface area (Å²) >= 11 is 0. The summed E-state index contributed by atoms with van der Waals surface area (Å²) < 4.78 is 2.19. The van der Waals surface area contributed by atoms with Gasteiger partial charge in [-0.25, -0.2) is 0 Å². The highest BCUT2D eigenvalue weighted by Gasteiger charge is 2.14. The third kappa shape index (κ3) is 2.32. The molecular weight excluding hydrogens is 308 g/mol. The Bertz CT molecular complexity index is 1190. The molecule has 0 aliphatic heterocycles. The van der Waals surface area contributed by atoms with Crippen molar-refractivity contribution in [1.82, 2.24) is 9.55 Å². The van der Waals surface area contributed by atoms with Crippen LogP contribution in [0.15, 0.2) is 72.2 Å². The second-order valence-electron chi connectivity index (χ2n) is 5.93. The van der Waals surface area contributed by atoms with Gasteiger partial charge in [0, 0.05) is 28.2 Å². The molecule has 0 radical (unpaired) electrons. The van der Waals surface area contributed by atoms with Crippen LogP contribution in [0.3, 0.4) is 0 Å². The molecule has 0 spiro atoms. The van der Waals surface area contributed by atoms with Crippen LogP contribution in [0.4, 0.5) is 0 Å². The van der Waals surface area contributed by atoms with Crippen LogP contribution < -0.4 is 5.56 Å². The monoisotopic (exact) mass is 326 g/mol. The summed E-state index contributed by atoms with van der Waals surface area (Å²) in [4.78, 5) is 14.7. The number of hydrogen-bond donors (Lipinski definition) is 1. The highest BCUT2D eigenvalue weighted by Crippen LogP contribution is 2.32. The lowest BCUT2D eigenvalue weighted by molar-refractivity contribution is 1.11. The highest BCUT2D eigenvalue weighted by molar-refractivity contribution is 5.96. The fraction of sp³-hybridized carbons (Fsp3) is 0.0455. The Morgan fingerprint density at radius 3 is 2.72 bits per heavy atom. The number of aromatic nitrogens is 2. The van der Waals surface area contributed by atoms with Crippen molar-refractivity contribution in [2.75, 3.05) is 0 Å². The Labute approximate surface area is 145 Å². The van der Waals surface area contributed by atoms with E-state index in [0.717, 1.165) is 27.8 Å². The average Bonchev–Trinajstić information content (AvgIpc) is 2.96. The van der Waals surface area contributed by atoms with E-state index in [1.807, 2.05) is 55.5 Å². The molecule has 4 rings (SSSR count). The van der Waals surface area contributed by atoms with Crippen LogP contribution in [0.5, 0.6) is 0 Å². The van der Waals surface area contributed by atoms with Gasteiger partial charge in [0.2, 0.25) is 0 Å². The second-order valence-corrected chi connectivity index (χ2v) is 5.93. The summed E-state index contributed by atoms with van der Waals surface area (Å²) in [6, 6.07) is 16.1. The van der Waals surface area contributed by atoms with Gasteiger partial charge < -0.3 is 9.55 Å².